The normalized spacial score (nSPS) is 16.0. The molecule has 1 aliphatic rings. The third kappa shape index (κ3) is 2.25. The molecule has 0 N–H and O–H groups in total. The molecule has 5 heteroatoms. The van der Waals surface area contributed by atoms with E-state index in [-0.39, 0.29) is 23.6 Å². The van der Waals surface area contributed by atoms with Crippen molar-refractivity contribution in [2.45, 2.75) is 18.7 Å². The van der Waals surface area contributed by atoms with E-state index in [1.807, 2.05) is 19.1 Å². The lowest BCUT2D eigenvalue weighted by Crippen LogP contribution is -2.39. The summed E-state index contributed by atoms with van der Waals surface area (Å²) in [6.45, 7) is 1.85. The first-order valence-electron chi connectivity index (χ1n) is 6.61. The van der Waals surface area contributed by atoms with Crippen molar-refractivity contribution >= 4 is 23.4 Å². The number of alkyl halides is 1. The third-order valence-electron chi connectivity index (χ3n) is 3.85. The van der Waals surface area contributed by atoms with Crippen LogP contribution < -0.4 is 0 Å². The summed E-state index contributed by atoms with van der Waals surface area (Å²) in [7, 11) is 1.50. The van der Waals surface area contributed by atoms with Crippen molar-refractivity contribution in [2.75, 3.05) is 7.05 Å². The van der Waals surface area contributed by atoms with Gasteiger partial charge in [0.15, 0.2) is 0 Å². The average Bonchev–Trinajstić information content (AvgIpc) is 2.90. The maximum atomic E-state index is 12.2. The minimum atomic E-state index is -0.384. The molecule has 1 unspecified atom stereocenters. The highest BCUT2D eigenvalue weighted by molar-refractivity contribution is 6.22. The maximum Gasteiger partial charge on any atom is 0.260 e. The first-order valence-corrected chi connectivity index (χ1v) is 7.04. The van der Waals surface area contributed by atoms with Crippen molar-refractivity contribution in [3.8, 4) is 0 Å². The number of rotatable bonds is 2. The zero-order valence-corrected chi connectivity index (χ0v) is 12.5. The van der Waals surface area contributed by atoms with E-state index in [1.165, 1.54) is 7.05 Å². The minimum absolute atomic E-state index is 0.187. The lowest BCUT2D eigenvalue weighted by molar-refractivity contribution is -0.127. The van der Waals surface area contributed by atoms with Gasteiger partial charge in [-0.1, -0.05) is 12.1 Å². The molecule has 1 aromatic heterocycles. The number of carbonyl (C=O) groups is 2. The van der Waals surface area contributed by atoms with Crippen LogP contribution in [0, 0.1) is 6.92 Å². The molecule has 4 nitrogen and oxygen atoms in total. The molecule has 1 atom stereocenters. The van der Waals surface area contributed by atoms with Crippen LogP contribution in [0.15, 0.2) is 34.9 Å². The fourth-order valence-corrected chi connectivity index (χ4v) is 2.88. The molecule has 108 valence electrons. The first-order chi connectivity index (χ1) is 9.99. The Balaban J connectivity index is 2.02. The summed E-state index contributed by atoms with van der Waals surface area (Å²) < 4.78 is 5.27. The number of hydrogen-bond donors (Lipinski definition) is 0. The highest BCUT2D eigenvalue weighted by Crippen LogP contribution is 2.33. The Kier molecular flexibility index (Phi) is 3.33. The number of furan rings is 1. The van der Waals surface area contributed by atoms with E-state index in [1.54, 1.807) is 18.4 Å². The molecule has 2 amide bonds. The molecule has 0 saturated heterocycles. The Morgan fingerprint density at radius 1 is 1.29 bits per heavy atom. The number of amides is 2. The van der Waals surface area contributed by atoms with Crippen LogP contribution in [0.1, 0.15) is 38.2 Å². The number of imide groups is 1. The van der Waals surface area contributed by atoms with Gasteiger partial charge in [0.05, 0.1) is 18.1 Å². The largest absolute Gasteiger partial charge is 0.469 e. The predicted molar refractivity (Wildman–Crippen MR) is 78.4 cm³/mol. The second-order valence-corrected chi connectivity index (χ2v) is 5.58. The Labute approximate surface area is 127 Å². The lowest BCUT2D eigenvalue weighted by atomic mass is 9.94. The molecule has 3 rings (SSSR count). The predicted octanol–water partition coefficient (Wildman–Crippen LogP) is 3.07. The fraction of sp³-hybridized carbons (Fsp3) is 0.250. The molecule has 1 aromatic carbocycles. The van der Waals surface area contributed by atoms with Gasteiger partial charge in [0.1, 0.15) is 5.76 Å². The van der Waals surface area contributed by atoms with Crippen LogP contribution >= 0.6 is 11.6 Å². The van der Waals surface area contributed by atoms with Gasteiger partial charge in [-0.2, -0.15) is 0 Å². The Bertz CT molecular complexity index is 735. The van der Waals surface area contributed by atoms with E-state index in [4.69, 9.17) is 16.0 Å². The molecule has 0 spiro atoms. The summed E-state index contributed by atoms with van der Waals surface area (Å²) in [5.74, 6) is 0.288. The lowest BCUT2D eigenvalue weighted by Gasteiger charge is -2.24. The molecule has 0 radical (unpaired) electrons. The average molecular weight is 304 g/mol. The number of fused-ring (bicyclic) bond motifs is 1. The van der Waals surface area contributed by atoms with Crippen LogP contribution in [-0.2, 0) is 11.2 Å². The van der Waals surface area contributed by atoms with E-state index in [0.29, 0.717) is 5.56 Å². The van der Waals surface area contributed by atoms with E-state index in [9.17, 15) is 9.59 Å². The summed E-state index contributed by atoms with van der Waals surface area (Å²) in [6.07, 6.45) is 1.84. The van der Waals surface area contributed by atoms with Gasteiger partial charge in [-0.15, -0.1) is 11.6 Å². The van der Waals surface area contributed by atoms with E-state index in [2.05, 4.69) is 0 Å². The van der Waals surface area contributed by atoms with Crippen molar-refractivity contribution in [3.05, 3.63) is 58.5 Å². The minimum Gasteiger partial charge on any atom is -0.469 e. The van der Waals surface area contributed by atoms with Gasteiger partial charge in [0, 0.05) is 18.2 Å². The third-order valence-corrected chi connectivity index (χ3v) is 4.34. The number of likely N-dealkylation sites (N-methyl/N-ethyl adjacent to an activating group) is 1. The number of carbonyl (C=O) groups excluding carboxylic acids is 2. The van der Waals surface area contributed by atoms with Gasteiger partial charge in [0.2, 0.25) is 5.91 Å². The van der Waals surface area contributed by atoms with E-state index < -0.39 is 0 Å². The van der Waals surface area contributed by atoms with Crippen molar-refractivity contribution < 1.29 is 14.0 Å². The maximum absolute atomic E-state index is 12.2. The van der Waals surface area contributed by atoms with Gasteiger partial charge in [-0.3, -0.25) is 14.5 Å². The van der Waals surface area contributed by atoms with Crippen molar-refractivity contribution in [2.24, 2.45) is 0 Å². The monoisotopic (exact) mass is 303 g/mol. The van der Waals surface area contributed by atoms with Crippen molar-refractivity contribution in [1.29, 1.82) is 0 Å². The molecular formula is C16H14ClNO3. The summed E-state index contributed by atoms with van der Waals surface area (Å²) in [5, 5.41) is -0.384. The van der Waals surface area contributed by atoms with Crippen LogP contribution in [0.2, 0.25) is 0 Å². The first kappa shape index (κ1) is 13.9. The van der Waals surface area contributed by atoms with Crippen LogP contribution in [0.3, 0.4) is 0 Å². The molecule has 0 bridgehead atoms. The van der Waals surface area contributed by atoms with Gasteiger partial charge in [-0.05, 0) is 30.2 Å². The van der Waals surface area contributed by atoms with Crippen molar-refractivity contribution in [1.82, 2.24) is 4.90 Å². The highest BCUT2D eigenvalue weighted by atomic mass is 35.5. The molecule has 1 aliphatic heterocycles. The Morgan fingerprint density at radius 2 is 2.05 bits per heavy atom. The van der Waals surface area contributed by atoms with Crippen LogP contribution in [0.5, 0.6) is 0 Å². The zero-order valence-electron chi connectivity index (χ0n) is 11.7. The molecule has 0 saturated carbocycles. The number of halogens is 1. The number of benzene rings is 1. The van der Waals surface area contributed by atoms with Crippen molar-refractivity contribution in [3.63, 3.8) is 0 Å². The number of nitrogens with zero attached hydrogens (tertiary/aromatic N) is 1. The zero-order chi connectivity index (χ0) is 15.1. The summed E-state index contributed by atoms with van der Waals surface area (Å²) in [6, 6.07) is 7.25. The Morgan fingerprint density at radius 3 is 2.71 bits per heavy atom. The standard InChI is InChI=1S/C16H14ClNO3/c1-9-12(5-6-21-9)15(17)11-4-3-10-8-14(19)18(2)16(20)13(10)7-11/h3-7,15H,8H2,1-2H3. The summed E-state index contributed by atoms with van der Waals surface area (Å²) >= 11 is 6.48. The summed E-state index contributed by atoms with van der Waals surface area (Å²) in [4.78, 5) is 25.0. The molecular weight excluding hydrogens is 290 g/mol. The molecule has 2 heterocycles. The van der Waals surface area contributed by atoms with Crippen LogP contribution in [0.4, 0.5) is 0 Å². The second kappa shape index (κ2) is 5.04. The molecule has 21 heavy (non-hydrogen) atoms. The van der Waals surface area contributed by atoms with Gasteiger partial charge in [-0.25, -0.2) is 0 Å². The number of aryl methyl sites for hydroxylation is 1. The summed E-state index contributed by atoms with van der Waals surface area (Å²) in [5.41, 5.74) is 2.99. The smallest absolute Gasteiger partial charge is 0.260 e. The molecule has 2 aromatic rings. The van der Waals surface area contributed by atoms with Crippen LogP contribution in [0.25, 0.3) is 0 Å². The van der Waals surface area contributed by atoms with Gasteiger partial charge >= 0.3 is 0 Å². The number of hydrogen-bond acceptors (Lipinski definition) is 3. The Hall–Kier alpha value is -2.07. The molecule has 0 aliphatic carbocycles. The van der Waals surface area contributed by atoms with E-state index >= 15 is 0 Å². The quantitative estimate of drug-likeness (QED) is 0.633. The van der Waals surface area contributed by atoms with Gasteiger partial charge < -0.3 is 4.42 Å². The fourth-order valence-electron chi connectivity index (χ4n) is 2.52. The topological polar surface area (TPSA) is 50.5 Å². The van der Waals surface area contributed by atoms with Gasteiger partial charge in [0.25, 0.3) is 5.91 Å². The second-order valence-electron chi connectivity index (χ2n) is 5.15. The van der Waals surface area contributed by atoms with Crippen LogP contribution in [-0.4, -0.2) is 23.8 Å². The molecule has 0 fully saturated rings. The highest BCUT2D eigenvalue weighted by Gasteiger charge is 2.29. The SMILES string of the molecule is Cc1occc1C(Cl)c1ccc2c(c1)C(=O)N(C)C(=O)C2. The van der Waals surface area contributed by atoms with E-state index in [0.717, 1.165) is 27.4 Å².